The number of amides is 2. The predicted molar refractivity (Wildman–Crippen MR) is 101 cm³/mol. The van der Waals surface area contributed by atoms with Crippen LogP contribution in [0, 0.1) is 5.82 Å². The SMILES string of the molecule is CC1(C)CN(C(=O)Nc2ccc(F)c(C(F)(F)F)c2)Cc2c(-c3ncccn3)noc21. The van der Waals surface area contributed by atoms with Gasteiger partial charge in [0.15, 0.2) is 11.5 Å². The molecule has 1 aliphatic heterocycles. The lowest BCUT2D eigenvalue weighted by Gasteiger charge is -2.36. The van der Waals surface area contributed by atoms with Crippen molar-refractivity contribution >= 4 is 11.7 Å². The number of hydrogen-bond donors (Lipinski definition) is 1. The maximum absolute atomic E-state index is 13.5. The van der Waals surface area contributed by atoms with E-state index in [9.17, 15) is 22.4 Å². The van der Waals surface area contributed by atoms with Crippen LogP contribution in [0.2, 0.25) is 0 Å². The monoisotopic (exact) mass is 435 g/mol. The Kier molecular flexibility index (Phi) is 4.91. The molecule has 0 saturated carbocycles. The molecule has 3 heterocycles. The lowest BCUT2D eigenvalue weighted by Crippen LogP contribution is -2.46. The van der Waals surface area contributed by atoms with Gasteiger partial charge in [0, 0.05) is 35.6 Å². The number of halogens is 4. The Morgan fingerprint density at radius 2 is 1.94 bits per heavy atom. The van der Waals surface area contributed by atoms with E-state index in [4.69, 9.17) is 4.52 Å². The van der Waals surface area contributed by atoms with Gasteiger partial charge in [-0.2, -0.15) is 13.2 Å². The molecule has 11 heteroatoms. The highest BCUT2D eigenvalue weighted by Gasteiger charge is 2.40. The normalized spacial score (nSPS) is 15.5. The Morgan fingerprint density at radius 1 is 1.23 bits per heavy atom. The number of carbonyl (C=O) groups excluding carboxylic acids is 1. The highest BCUT2D eigenvalue weighted by atomic mass is 19.4. The molecule has 1 aliphatic rings. The highest BCUT2D eigenvalue weighted by molar-refractivity contribution is 5.89. The van der Waals surface area contributed by atoms with Crippen LogP contribution in [0.3, 0.4) is 0 Å². The molecule has 0 spiro atoms. The minimum absolute atomic E-state index is 0.0923. The molecule has 7 nitrogen and oxygen atoms in total. The highest BCUT2D eigenvalue weighted by Crippen LogP contribution is 2.38. The summed E-state index contributed by atoms with van der Waals surface area (Å²) < 4.78 is 57.9. The molecule has 1 aromatic carbocycles. The number of aromatic nitrogens is 3. The van der Waals surface area contributed by atoms with Crippen molar-refractivity contribution in [1.29, 1.82) is 0 Å². The first-order valence-corrected chi connectivity index (χ1v) is 9.25. The molecule has 4 rings (SSSR count). The van der Waals surface area contributed by atoms with Crippen molar-refractivity contribution in [1.82, 2.24) is 20.0 Å². The van der Waals surface area contributed by atoms with Crippen LogP contribution in [0.5, 0.6) is 0 Å². The van der Waals surface area contributed by atoms with Crippen LogP contribution in [0.4, 0.5) is 28.0 Å². The molecule has 0 saturated heterocycles. The first-order chi connectivity index (χ1) is 14.6. The Balaban J connectivity index is 1.61. The van der Waals surface area contributed by atoms with Gasteiger partial charge in [-0.05, 0) is 24.3 Å². The van der Waals surface area contributed by atoms with Crippen molar-refractivity contribution in [3.8, 4) is 11.5 Å². The molecule has 0 atom stereocenters. The van der Waals surface area contributed by atoms with Crippen LogP contribution in [-0.4, -0.2) is 32.6 Å². The summed E-state index contributed by atoms with van der Waals surface area (Å²) in [6, 6.07) is 3.32. The van der Waals surface area contributed by atoms with E-state index < -0.39 is 29.0 Å². The first-order valence-electron chi connectivity index (χ1n) is 9.25. The molecule has 0 aliphatic carbocycles. The Morgan fingerprint density at radius 3 is 2.61 bits per heavy atom. The van der Waals surface area contributed by atoms with Gasteiger partial charge >= 0.3 is 12.2 Å². The molecule has 3 aromatic rings. The van der Waals surface area contributed by atoms with Gasteiger partial charge in [-0.15, -0.1) is 0 Å². The summed E-state index contributed by atoms with van der Waals surface area (Å²) in [5, 5.41) is 6.47. The minimum Gasteiger partial charge on any atom is -0.360 e. The van der Waals surface area contributed by atoms with Crippen LogP contribution in [0.25, 0.3) is 11.5 Å². The van der Waals surface area contributed by atoms with Gasteiger partial charge in [0.05, 0.1) is 12.1 Å². The summed E-state index contributed by atoms with van der Waals surface area (Å²) in [6.07, 6.45) is -1.77. The van der Waals surface area contributed by atoms with Crippen molar-refractivity contribution in [2.75, 3.05) is 11.9 Å². The largest absolute Gasteiger partial charge is 0.419 e. The number of urea groups is 1. The van der Waals surface area contributed by atoms with Gasteiger partial charge in [0.1, 0.15) is 11.6 Å². The summed E-state index contributed by atoms with van der Waals surface area (Å²) >= 11 is 0. The Hall–Kier alpha value is -3.50. The molecule has 162 valence electrons. The molecule has 2 aromatic heterocycles. The third-order valence-corrected chi connectivity index (χ3v) is 4.93. The van der Waals surface area contributed by atoms with Gasteiger partial charge in [0.25, 0.3) is 0 Å². The second-order valence-electron chi connectivity index (χ2n) is 7.77. The fourth-order valence-corrected chi connectivity index (χ4v) is 3.55. The Bertz CT molecular complexity index is 1130. The number of nitrogens with one attached hydrogen (secondary N) is 1. The van der Waals surface area contributed by atoms with E-state index in [1.165, 1.54) is 4.90 Å². The maximum atomic E-state index is 13.5. The van der Waals surface area contributed by atoms with Crippen molar-refractivity contribution in [3.05, 3.63) is 59.4 Å². The molecule has 2 amide bonds. The van der Waals surface area contributed by atoms with Gasteiger partial charge in [-0.3, -0.25) is 0 Å². The number of benzene rings is 1. The van der Waals surface area contributed by atoms with Crippen molar-refractivity contribution in [2.24, 2.45) is 0 Å². The second-order valence-corrected chi connectivity index (χ2v) is 7.77. The minimum atomic E-state index is -4.88. The first kappa shape index (κ1) is 20.8. The summed E-state index contributed by atoms with van der Waals surface area (Å²) in [4.78, 5) is 22.6. The maximum Gasteiger partial charge on any atom is 0.419 e. The lowest BCUT2D eigenvalue weighted by molar-refractivity contribution is -0.139. The number of hydrogen-bond acceptors (Lipinski definition) is 5. The summed E-state index contributed by atoms with van der Waals surface area (Å²) in [5.74, 6) is -0.495. The summed E-state index contributed by atoms with van der Waals surface area (Å²) in [6.45, 7) is 4.02. The number of anilines is 1. The van der Waals surface area contributed by atoms with Crippen LogP contribution >= 0.6 is 0 Å². The molecular formula is C20H17F4N5O2. The van der Waals surface area contributed by atoms with Crippen molar-refractivity contribution in [2.45, 2.75) is 32.0 Å². The van der Waals surface area contributed by atoms with E-state index in [2.05, 4.69) is 20.4 Å². The van der Waals surface area contributed by atoms with Gasteiger partial charge in [0.2, 0.25) is 0 Å². The van der Waals surface area contributed by atoms with E-state index in [-0.39, 0.29) is 18.8 Å². The Labute approximate surface area is 174 Å². The zero-order valence-corrected chi connectivity index (χ0v) is 16.5. The van der Waals surface area contributed by atoms with Gasteiger partial charge < -0.3 is 14.7 Å². The second kappa shape index (κ2) is 7.33. The molecule has 0 bridgehead atoms. The molecular weight excluding hydrogens is 418 g/mol. The van der Waals surface area contributed by atoms with Crippen molar-refractivity contribution < 1.29 is 26.9 Å². The fraction of sp³-hybridized carbons (Fsp3) is 0.300. The van der Waals surface area contributed by atoms with Crippen molar-refractivity contribution in [3.63, 3.8) is 0 Å². The van der Waals surface area contributed by atoms with Crippen LogP contribution in [0.15, 0.2) is 41.2 Å². The van der Waals surface area contributed by atoms with E-state index in [1.807, 2.05) is 13.8 Å². The summed E-state index contributed by atoms with van der Waals surface area (Å²) in [5.41, 5.74) is -1.23. The molecule has 1 N–H and O–H groups in total. The number of fused-ring (bicyclic) bond motifs is 1. The lowest BCUT2D eigenvalue weighted by atomic mass is 9.83. The van der Waals surface area contributed by atoms with Crippen LogP contribution < -0.4 is 5.32 Å². The standard InChI is InChI=1S/C20H17F4N5O2/c1-19(2)10-29(9-12-15(28-31-16(12)19)17-25-6-3-7-26-17)18(30)27-11-4-5-14(21)13(8-11)20(22,23)24/h3-8H,9-10H2,1-2H3,(H,27,30). The van der Waals surface area contributed by atoms with Crippen LogP contribution in [0.1, 0.15) is 30.7 Å². The molecule has 0 radical (unpaired) electrons. The van der Waals surface area contributed by atoms with E-state index in [1.54, 1.807) is 18.5 Å². The van der Waals surface area contributed by atoms with Gasteiger partial charge in [-0.1, -0.05) is 19.0 Å². The predicted octanol–water partition coefficient (Wildman–Crippen LogP) is 4.61. The average molecular weight is 435 g/mol. The zero-order valence-electron chi connectivity index (χ0n) is 16.5. The number of carbonyl (C=O) groups is 1. The quantitative estimate of drug-likeness (QED) is 0.594. The average Bonchev–Trinajstić information content (AvgIpc) is 3.14. The summed E-state index contributed by atoms with van der Waals surface area (Å²) in [7, 11) is 0. The number of alkyl halides is 3. The number of nitrogens with zero attached hydrogens (tertiary/aromatic N) is 4. The third-order valence-electron chi connectivity index (χ3n) is 4.93. The number of rotatable bonds is 2. The molecule has 0 unspecified atom stereocenters. The topological polar surface area (TPSA) is 84.2 Å². The van der Waals surface area contributed by atoms with Gasteiger partial charge in [-0.25, -0.2) is 19.2 Å². The van der Waals surface area contributed by atoms with E-state index in [0.717, 1.165) is 6.07 Å². The molecule has 31 heavy (non-hydrogen) atoms. The zero-order chi connectivity index (χ0) is 22.4. The van der Waals surface area contributed by atoms with E-state index >= 15 is 0 Å². The third kappa shape index (κ3) is 3.94. The van der Waals surface area contributed by atoms with Crippen LogP contribution in [-0.2, 0) is 18.1 Å². The van der Waals surface area contributed by atoms with E-state index in [0.29, 0.717) is 35.0 Å². The fourth-order valence-electron chi connectivity index (χ4n) is 3.55. The smallest absolute Gasteiger partial charge is 0.360 e. The molecule has 0 fully saturated rings.